The number of halogens is 2. The molecule has 0 spiro atoms. The van der Waals surface area contributed by atoms with Gasteiger partial charge in [-0.15, -0.1) is 0 Å². The Morgan fingerprint density at radius 3 is 2.64 bits per heavy atom. The second-order valence-corrected chi connectivity index (χ2v) is 4.41. The van der Waals surface area contributed by atoms with Gasteiger partial charge in [0.25, 0.3) is 0 Å². The Kier molecular flexibility index (Phi) is 3.96. The van der Waals surface area contributed by atoms with Crippen LogP contribution in [0.1, 0.15) is 24.2 Å². The molecule has 76 valence electrons. The van der Waals surface area contributed by atoms with Gasteiger partial charge in [-0.2, -0.15) is 0 Å². The van der Waals surface area contributed by atoms with Gasteiger partial charge in [0, 0.05) is 4.47 Å². The lowest BCUT2D eigenvalue weighted by atomic mass is 10.2. The van der Waals surface area contributed by atoms with Crippen molar-refractivity contribution >= 4 is 33.8 Å². The van der Waals surface area contributed by atoms with Crippen molar-refractivity contribution in [2.24, 2.45) is 0 Å². The van der Waals surface area contributed by atoms with Gasteiger partial charge >= 0.3 is 0 Å². The van der Waals surface area contributed by atoms with Gasteiger partial charge in [0.15, 0.2) is 6.29 Å². The molecule has 0 aliphatic rings. The zero-order valence-corrected chi connectivity index (χ0v) is 10.2. The van der Waals surface area contributed by atoms with E-state index in [1.165, 1.54) is 0 Å². The monoisotopic (exact) mass is 276 g/mol. The molecule has 0 amide bonds. The average molecular weight is 278 g/mol. The minimum Gasteiger partial charge on any atom is -0.489 e. The van der Waals surface area contributed by atoms with E-state index in [-0.39, 0.29) is 6.10 Å². The van der Waals surface area contributed by atoms with Crippen molar-refractivity contribution in [2.45, 2.75) is 20.0 Å². The van der Waals surface area contributed by atoms with Crippen LogP contribution in [0, 0.1) is 0 Å². The van der Waals surface area contributed by atoms with E-state index in [1.807, 2.05) is 13.8 Å². The molecular weight excluding hydrogens is 267 g/mol. The number of carbonyl (C=O) groups excluding carboxylic acids is 1. The minimum absolute atomic E-state index is 0.00706. The molecule has 4 heteroatoms. The average Bonchev–Trinajstić information content (AvgIpc) is 2.08. The Hall–Kier alpha value is -0.540. The summed E-state index contributed by atoms with van der Waals surface area (Å²) in [6.45, 7) is 3.76. The van der Waals surface area contributed by atoms with Crippen LogP contribution < -0.4 is 4.74 Å². The van der Waals surface area contributed by atoms with Crippen LogP contribution in [0.15, 0.2) is 16.6 Å². The molecule has 0 aromatic heterocycles. The minimum atomic E-state index is -0.00706. The summed E-state index contributed by atoms with van der Waals surface area (Å²) in [5.41, 5.74) is 0.457. The first-order valence-corrected chi connectivity index (χ1v) is 5.32. The summed E-state index contributed by atoms with van der Waals surface area (Å²) in [5.74, 6) is 0.444. The molecule has 0 radical (unpaired) electrons. The lowest BCUT2D eigenvalue weighted by Gasteiger charge is -2.13. The molecule has 0 saturated heterocycles. The zero-order valence-electron chi connectivity index (χ0n) is 7.88. The number of hydrogen-bond donors (Lipinski definition) is 0. The van der Waals surface area contributed by atoms with E-state index in [9.17, 15) is 4.79 Å². The van der Waals surface area contributed by atoms with Gasteiger partial charge in [-0.3, -0.25) is 4.79 Å². The van der Waals surface area contributed by atoms with Crippen LogP contribution in [0.4, 0.5) is 0 Å². The molecule has 0 atom stereocenters. The third-order valence-corrected chi connectivity index (χ3v) is 2.26. The fourth-order valence-electron chi connectivity index (χ4n) is 1.03. The summed E-state index contributed by atoms with van der Waals surface area (Å²) in [6.07, 6.45) is 0.723. The first kappa shape index (κ1) is 11.5. The molecular formula is C10H10BrClO2. The quantitative estimate of drug-likeness (QED) is 0.788. The second kappa shape index (κ2) is 4.80. The van der Waals surface area contributed by atoms with Gasteiger partial charge < -0.3 is 4.74 Å². The second-order valence-electron chi connectivity index (χ2n) is 3.09. The Labute approximate surface area is 96.3 Å². The maximum Gasteiger partial charge on any atom is 0.153 e. The standard InChI is InChI=1S/C10H10BrClO2/c1-6(2)14-10-7(5-13)3-8(11)4-9(10)12/h3-6H,1-2H3. The summed E-state index contributed by atoms with van der Waals surface area (Å²) in [7, 11) is 0. The lowest BCUT2D eigenvalue weighted by Crippen LogP contribution is -2.07. The van der Waals surface area contributed by atoms with Crippen LogP contribution in [0.25, 0.3) is 0 Å². The molecule has 0 aliphatic heterocycles. The predicted molar refractivity (Wildman–Crippen MR) is 60.3 cm³/mol. The summed E-state index contributed by atoms with van der Waals surface area (Å²) in [4.78, 5) is 10.8. The third kappa shape index (κ3) is 2.72. The highest BCUT2D eigenvalue weighted by atomic mass is 79.9. The molecule has 1 aromatic carbocycles. The van der Waals surface area contributed by atoms with E-state index in [0.29, 0.717) is 16.3 Å². The van der Waals surface area contributed by atoms with Gasteiger partial charge in [-0.05, 0) is 26.0 Å². The van der Waals surface area contributed by atoms with Crippen molar-refractivity contribution in [1.82, 2.24) is 0 Å². The largest absolute Gasteiger partial charge is 0.489 e. The van der Waals surface area contributed by atoms with Crippen LogP contribution in [0.3, 0.4) is 0 Å². The molecule has 1 rings (SSSR count). The molecule has 0 unspecified atom stereocenters. The predicted octanol–water partition coefficient (Wildman–Crippen LogP) is 3.70. The summed E-state index contributed by atoms with van der Waals surface area (Å²) < 4.78 is 6.20. The van der Waals surface area contributed by atoms with Crippen LogP contribution >= 0.6 is 27.5 Å². The number of hydrogen-bond acceptors (Lipinski definition) is 2. The molecule has 0 bridgehead atoms. The van der Waals surface area contributed by atoms with E-state index in [4.69, 9.17) is 16.3 Å². The number of aldehydes is 1. The first-order valence-electron chi connectivity index (χ1n) is 4.15. The normalized spacial score (nSPS) is 10.4. The Balaban J connectivity index is 3.18. The van der Waals surface area contributed by atoms with Crippen molar-refractivity contribution in [3.63, 3.8) is 0 Å². The lowest BCUT2D eigenvalue weighted by molar-refractivity contribution is 0.111. The molecule has 14 heavy (non-hydrogen) atoms. The van der Waals surface area contributed by atoms with Crippen molar-refractivity contribution in [3.8, 4) is 5.75 Å². The highest BCUT2D eigenvalue weighted by Gasteiger charge is 2.11. The van der Waals surface area contributed by atoms with Gasteiger partial charge in [-0.1, -0.05) is 27.5 Å². The molecule has 0 saturated carbocycles. The van der Waals surface area contributed by atoms with E-state index >= 15 is 0 Å². The van der Waals surface area contributed by atoms with Gasteiger partial charge in [0.05, 0.1) is 16.7 Å². The van der Waals surface area contributed by atoms with Crippen LogP contribution in [0.5, 0.6) is 5.75 Å². The fraction of sp³-hybridized carbons (Fsp3) is 0.300. The Morgan fingerprint density at radius 2 is 2.14 bits per heavy atom. The summed E-state index contributed by atoms with van der Waals surface area (Å²) in [6, 6.07) is 3.38. The molecule has 2 nitrogen and oxygen atoms in total. The van der Waals surface area contributed by atoms with E-state index in [1.54, 1.807) is 12.1 Å². The number of rotatable bonds is 3. The summed E-state index contributed by atoms with van der Waals surface area (Å²) >= 11 is 9.20. The maximum atomic E-state index is 10.8. The molecule has 1 aromatic rings. The van der Waals surface area contributed by atoms with Gasteiger partial charge in [-0.25, -0.2) is 0 Å². The van der Waals surface area contributed by atoms with E-state index in [0.717, 1.165) is 10.8 Å². The zero-order chi connectivity index (χ0) is 10.7. The SMILES string of the molecule is CC(C)Oc1c(Cl)cc(Br)cc1C=O. The van der Waals surface area contributed by atoms with Crippen LogP contribution in [0.2, 0.25) is 5.02 Å². The van der Waals surface area contributed by atoms with E-state index < -0.39 is 0 Å². The topological polar surface area (TPSA) is 26.3 Å². The molecule has 0 N–H and O–H groups in total. The number of benzene rings is 1. The smallest absolute Gasteiger partial charge is 0.153 e. The van der Waals surface area contributed by atoms with Crippen molar-refractivity contribution < 1.29 is 9.53 Å². The molecule has 0 heterocycles. The Morgan fingerprint density at radius 1 is 1.50 bits per heavy atom. The Bertz CT molecular complexity index is 350. The van der Waals surface area contributed by atoms with Crippen LogP contribution in [-0.2, 0) is 0 Å². The van der Waals surface area contributed by atoms with E-state index in [2.05, 4.69) is 15.9 Å². The van der Waals surface area contributed by atoms with Crippen LogP contribution in [-0.4, -0.2) is 12.4 Å². The fourth-order valence-corrected chi connectivity index (χ4v) is 1.91. The van der Waals surface area contributed by atoms with Crippen molar-refractivity contribution in [2.75, 3.05) is 0 Å². The van der Waals surface area contributed by atoms with Crippen molar-refractivity contribution in [1.29, 1.82) is 0 Å². The number of carbonyl (C=O) groups is 1. The third-order valence-electron chi connectivity index (χ3n) is 1.52. The molecule has 0 fully saturated rings. The highest BCUT2D eigenvalue weighted by Crippen LogP contribution is 2.32. The van der Waals surface area contributed by atoms with Gasteiger partial charge in [0.1, 0.15) is 5.75 Å². The maximum absolute atomic E-state index is 10.8. The molecule has 0 aliphatic carbocycles. The van der Waals surface area contributed by atoms with Gasteiger partial charge in [0.2, 0.25) is 0 Å². The summed E-state index contributed by atoms with van der Waals surface area (Å²) in [5, 5.41) is 0.440. The number of ether oxygens (including phenoxy) is 1. The highest BCUT2D eigenvalue weighted by molar-refractivity contribution is 9.10. The van der Waals surface area contributed by atoms with Crippen molar-refractivity contribution in [3.05, 3.63) is 27.2 Å². The first-order chi connectivity index (χ1) is 6.54.